The van der Waals surface area contributed by atoms with Crippen LogP contribution in [0.4, 0.5) is 0 Å². The summed E-state index contributed by atoms with van der Waals surface area (Å²) in [5.41, 5.74) is 2.57. The van der Waals surface area contributed by atoms with E-state index in [0.717, 1.165) is 18.1 Å². The maximum Gasteiger partial charge on any atom is 0.177 e. The van der Waals surface area contributed by atoms with Crippen molar-refractivity contribution in [1.82, 2.24) is 4.98 Å². The van der Waals surface area contributed by atoms with Gasteiger partial charge in [0.1, 0.15) is 12.0 Å². The zero-order chi connectivity index (χ0) is 17.2. The van der Waals surface area contributed by atoms with Gasteiger partial charge in [0.2, 0.25) is 0 Å². The van der Waals surface area contributed by atoms with E-state index in [1.54, 1.807) is 19.2 Å². The maximum absolute atomic E-state index is 11.7. The number of carbonyl (C=O) groups is 1. The number of halogens is 1. The van der Waals surface area contributed by atoms with Crippen molar-refractivity contribution in [3.05, 3.63) is 40.7 Å². The first-order valence-corrected chi connectivity index (χ1v) is 9.01. The highest BCUT2D eigenvalue weighted by Gasteiger charge is 2.19. The topological polar surface area (TPSA) is 73.3 Å². The number of aromatic nitrogens is 1. The third-order valence-electron chi connectivity index (χ3n) is 3.49. The molecule has 122 valence electrons. The van der Waals surface area contributed by atoms with Gasteiger partial charge in [-0.1, -0.05) is 11.6 Å². The molecule has 0 aliphatic heterocycles. The lowest BCUT2D eigenvalue weighted by atomic mass is 9.96. The highest BCUT2D eigenvalue weighted by Crippen LogP contribution is 2.40. The lowest BCUT2D eigenvalue weighted by molar-refractivity contribution is -0.107. The zero-order valence-electron chi connectivity index (χ0n) is 13.0. The van der Waals surface area contributed by atoms with Crippen LogP contribution in [-0.2, 0) is 21.1 Å². The molecule has 0 saturated heterocycles. The summed E-state index contributed by atoms with van der Waals surface area (Å²) in [6, 6.07) is 3.20. The van der Waals surface area contributed by atoms with Crippen LogP contribution in [0.5, 0.6) is 5.75 Å². The van der Waals surface area contributed by atoms with Crippen molar-refractivity contribution in [1.29, 1.82) is 0 Å². The van der Waals surface area contributed by atoms with Crippen molar-refractivity contribution in [2.24, 2.45) is 0 Å². The largest absolute Gasteiger partial charge is 0.496 e. The van der Waals surface area contributed by atoms with Gasteiger partial charge in [-0.25, -0.2) is 8.42 Å². The van der Waals surface area contributed by atoms with Crippen molar-refractivity contribution in [3.8, 4) is 16.9 Å². The predicted molar refractivity (Wildman–Crippen MR) is 88.8 cm³/mol. The lowest BCUT2D eigenvalue weighted by Crippen LogP contribution is -2.01. The van der Waals surface area contributed by atoms with E-state index in [9.17, 15) is 13.2 Å². The molecule has 2 rings (SSSR count). The number of sulfone groups is 1. The smallest absolute Gasteiger partial charge is 0.177 e. The van der Waals surface area contributed by atoms with E-state index >= 15 is 0 Å². The van der Waals surface area contributed by atoms with E-state index in [2.05, 4.69) is 4.98 Å². The number of rotatable bonds is 5. The molecule has 1 heterocycles. The van der Waals surface area contributed by atoms with Gasteiger partial charge >= 0.3 is 0 Å². The van der Waals surface area contributed by atoms with Gasteiger partial charge in [-0.15, -0.1) is 0 Å². The van der Waals surface area contributed by atoms with Crippen molar-refractivity contribution in [2.45, 2.75) is 18.2 Å². The lowest BCUT2D eigenvalue weighted by Gasteiger charge is -2.17. The molecule has 5 nitrogen and oxygen atoms in total. The Bertz CT molecular complexity index is 863. The number of aldehydes is 1. The minimum atomic E-state index is -3.39. The first-order valence-electron chi connectivity index (χ1n) is 6.74. The van der Waals surface area contributed by atoms with Crippen molar-refractivity contribution >= 4 is 27.7 Å². The second-order valence-electron chi connectivity index (χ2n) is 5.10. The Balaban J connectivity index is 2.79. The van der Waals surface area contributed by atoms with Crippen LogP contribution in [0.2, 0.25) is 5.02 Å². The highest BCUT2D eigenvalue weighted by atomic mass is 35.5. The summed E-state index contributed by atoms with van der Waals surface area (Å²) >= 11 is 6.25. The van der Waals surface area contributed by atoms with Crippen LogP contribution in [0, 0.1) is 6.92 Å². The van der Waals surface area contributed by atoms with Crippen LogP contribution >= 0.6 is 11.6 Å². The molecule has 0 bridgehead atoms. The normalized spacial score (nSPS) is 11.3. The number of nitrogens with zero attached hydrogens (tertiary/aromatic N) is 1. The van der Waals surface area contributed by atoms with Gasteiger partial charge in [0.15, 0.2) is 9.84 Å². The second-order valence-corrected chi connectivity index (χ2v) is 7.53. The number of hydrogen-bond acceptors (Lipinski definition) is 5. The van der Waals surface area contributed by atoms with Crippen molar-refractivity contribution in [2.75, 3.05) is 13.4 Å². The Labute approximate surface area is 140 Å². The fraction of sp³-hybridized carbons (Fsp3) is 0.250. The minimum absolute atomic E-state index is 0.105. The van der Waals surface area contributed by atoms with Gasteiger partial charge in [0, 0.05) is 46.8 Å². The fourth-order valence-electron chi connectivity index (χ4n) is 2.36. The standard InChI is InChI=1S/C16H16ClNO4S/c1-10-14(17)7-11(4-5-19)16(22-2)15(10)12-6-13(9-18-8-12)23(3,20)21/h5-9H,4H2,1-3H3. The number of ether oxygens (including phenoxy) is 1. The first-order chi connectivity index (χ1) is 10.8. The molecule has 0 spiro atoms. The summed E-state index contributed by atoms with van der Waals surface area (Å²) in [6.07, 6.45) is 4.86. The van der Waals surface area contributed by atoms with E-state index in [-0.39, 0.29) is 11.3 Å². The molecule has 0 aliphatic rings. The molecule has 0 aliphatic carbocycles. The number of carbonyl (C=O) groups excluding carboxylic acids is 1. The molecule has 1 aromatic heterocycles. The molecule has 1 aromatic carbocycles. The van der Waals surface area contributed by atoms with Gasteiger partial charge in [-0.2, -0.15) is 0 Å². The molecule has 0 amide bonds. The van der Waals surface area contributed by atoms with E-state index in [1.807, 2.05) is 0 Å². The third kappa shape index (κ3) is 3.54. The van der Waals surface area contributed by atoms with Crippen LogP contribution in [-0.4, -0.2) is 33.1 Å². The Morgan fingerprint density at radius 3 is 2.57 bits per heavy atom. The van der Waals surface area contributed by atoms with Crippen molar-refractivity contribution in [3.63, 3.8) is 0 Å². The quantitative estimate of drug-likeness (QED) is 0.773. The number of methoxy groups -OCH3 is 1. The average Bonchev–Trinajstić information content (AvgIpc) is 2.50. The summed E-state index contributed by atoms with van der Waals surface area (Å²) in [7, 11) is -1.89. The summed E-state index contributed by atoms with van der Waals surface area (Å²) in [5.74, 6) is 0.492. The second kappa shape index (κ2) is 6.68. The van der Waals surface area contributed by atoms with Gasteiger partial charge in [0.25, 0.3) is 0 Å². The molecular weight excluding hydrogens is 338 g/mol. The molecule has 0 radical (unpaired) electrons. The van der Waals surface area contributed by atoms with Crippen LogP contribution in [0.1, 0.15) is 11.1 Å². The number of benzene rings is 1. The fourth-order valence-corrected chi connectivity index (χ4v) is 3.18. The summed E-state index contributed by atoms with van der Waals surface area (Å²) < 4.78 is 28.9. The van der Waals surface area contributed by atoms with Crippen LogP contribution < -0.4 is 4.74 Å². The minimum Gasteiger partial charge on any atom is -0.496 e. The summed E-state index contributed by atoms with van der Waals surface area (Å²) in [4.78, 5) is 15.0. The molecule has 0 fully saturated rings. The Morgan fingerprint density at radius 1 is 1.30 bits per heavy atom. The number of hydrogen-bond donors (Lipinski definition) is 0. The number of pyridine rings is 1. The third-order valence-corrected chi connectivity index (χ3v) is 4.96. The van der Waals surface area contributed by atoms with E-state index in [4.69, 9.17) is 16.3 Å². The molecule has 23 heavy (non-hydrogen) atoms. The molecule has 0 saturated carbocycles. The van der Waals surface area contributed by atoms with Crippen LogP contribution in [0.15, 0.2) is 29.4 Å². The van der Waals surface area contributed by atoms with Crippen LogP contribution in [0.25, 0.3) is 11.1 Å². The SMILES string of the molecule is COc1c(CC=O)cc(Cl)c(C)c1-c1cncc(S(C)(=O)=O)c1. The monoisotopic (exact) mass is 353 g/mol. The summed E-state index contributed by atoms with van der Waals surface area (Å²) in [5, 5.41) is 0.474. The van der Waals surface area contributed by atoms with E-state index in [1.165, 1.54) is 19.4 Å². The molecule has 0 atom stereocenters. The molecular formula is C16H16ClNO4S. The first kappa shape index (κ1) is 17.4. The average molecular weight is 354 g/mol. The molecule has 2 aromatic rings. The Hall–Kier alpha value is -1.92. The van der Waals surface area contributed by atoms with Gasteiger partial charge in [0.05, 0.1) is 12.0 Å². The predicted octanol–water partition coefficient (Wildman–Crippen LogP) is 2.86. The zero-order valence-corrected chi connectivity index (χ0v) is 14.5. The Kier molecular flexibility index (Phi) is 5.06. The highest BCUT2D eigenvalue weighted by molar-refractivity contribution is 7.90. The van der Waals surface area contributed by atoms with Gasteiger partial charge < -0.3 is 9.53 Å². The molecule has 7 heteroatoms. The maximum atomic E-state index is 11.7. The van der Waals surface area contributed by atoms with Gasteiger partial charge in [-0.05, 0) is 24.6 Å². The van der Waals surface area contributed by atoms with E-state index < -0.39 is 9.84 Å². The Morgan fingerprint density at radius 2 is 2.00 bits per heavy atom. The van der Waals surface area contributed by atoms with E-state index in [0.29, 0.717) is 27.5 Å². The molecule has 0 N–H and O–H groups in total. The van der Waals surface area contributed by atoms with Crippen LogP contribution in [0.3, 0.4) is 0 Å². The van der Waals surface area contributed by atoms with Crippen molar-refractivity contribution < 1.29 is 17.9 Å². The molecule has 0 unspecified atom stereocenters. The van der Waals surface area contributed by atoms with Gasteiger partial charge in [-0.3, -0.25) is 4.98 Å². The summed E-state index contributed by atoms with van der Waals surface area (Å²) in [6.45, 7) is 1.80.